The second-order valence-corrected chi connectivity index (χ2v) is 7.03. The predicted molar refractivity (Wildman–Crippen MR) is 96.9 cm³/mol. The summed E-state index contributed by atoms with van der Waals surface area (Å²) in [5.74, 6) is -0.0559. The normalized spacial score (nSPS) is 17.1. The van der Waals surface area contributed by atoms with Crippen molar-refractivity contribution in [3.8, 4) is 0 Å². The van der Waals surface area contributed by atoms with Gasteiger partial charge in [0, 0.05) is 26.6 Å². The van der Waals surface area contributed by atoms with Crippen LogP contribution in [0.4, 0.5) is 0 Å². The fourth-order valence-corrected chi connectivity index (χ4v) is 3.86. The first-order valence-corrected chi connectivity index (χ1v) is 8.72. The Morgan fingerprint density at radius 1 is 1.25 bits per heavy atom. The molecule has 2 heterocycles. The highest BCUT2D eigenvalue weighted by Crippen LogP contribution is 2.31. The van der Waals surface area contributed by atoms with Crippen LogP contribution in [0.3, 0.4) is 0 Å². The molecule has 0 saturated carbocycles. The van der Waals surface area contributed by atoms with E-state index in [9.17, 15) is 9.90 Å². The highest BCUT2D eigenvalue weighted by Gasteiger charge is 2.32. The number of aliphatic hydroxyl groups excluding tert-OH is 1. The Morgan fingerprint density at radius 3 is 2.88 bits per heavy atom. The number of para-hydroxylation sites is 1. The SMILES string of the molecule is O=C(c1cccc(Br)c1)N1Cc2[nH]c3ccccc3c2CC1CO. The van der Waals surface area contributed by atoms with E-state index in [0.717, 1.165) is 15.7 Å². The van der Waals surface area contributed by atoms with Gasteiger partial charge in [-0.25, -0.2) is 0 Å². The average Bonchev–Trinajstić information content (AvgIpc) is 2.97. The van der Waals surface area contributed by atoms with Crippen LogP contribution in [0.5, 0.6) is 0 Å². The zero-order chi connectivity index (χ0) is 16.7. The van der Waals surface area contributed by atoms with Gasteiger partial charge in [-0.2, -0.15) is 0 Å². The number of aliphatic hydroxyl groups is 1. The third-order valence-corrected chi connectivity index (χ3v) is 5.15. The molecule has 0 fully saturated rings. The van der Waals surface area contributed by atoms with Gasteiger partial charge in [0.1, 0.15) is 0 Å². The number of H-pyrrole nitrogens is 1. The maximum absolute atomic E-state index is 12.9. The van der Waals surface area contributed by atoms with Crippen LogP contribution in [0.15, 0.2) is 53.0 Å². The van der Waals surface area contributed by atoms with Gasteiger partial charge in [-0.05, 0) is 36.2 Å². The molecular formula is C19H17BrN2O2. The molecular weight excluding hydrogens is 368 g/mol. The van der Waals surface area contributed by atoms with Crippen LogP contribution in [0.1, 0.15) is 21.6 Å². The molecule has 24 heavy (non-hydrogen) atoms. The molecule has 5 heteroatoms. The van der Waals surface area contributed by atoms with E-state index < -0.39 is 0 Å². The molecule has 4 rings (SSSR count). The predicted octanol–water partition coefficient (Wildman–Crippen LogP) is 3.49. The van der Waals surface area contributed by atoms with E-state index in [0.29, 0.717) is 18.5 Å². The first-order valence-electron chi connectivity index (χ1n) is 7.93. The third kappa shape index (κ3) is 2.54. The molecule has 2 aromatic carbocycles. The van der Waals surface area contributed by atoms with Gasteiger partial charge in [0.2, 0.25) is 0 Å². The molecule has 3 aromatic rings. The molecule has 0 radical (unpaired) electrons. The minimum Gasteiger partial charge on any atom is -0.394 e. The van der Waals surface area contributed by atoms with Crippen LogP contribution in [0.2, 0.25) is 0 Å². The van der Waals surface area contributed by atoms with Crippen molar-refractivity contribution in [3.63, 3.8) is 0 Å². The summed E-state index contributed by atoms with van der Waals surface area (Å²) in [6, 6.07) is 15.3. The number of benzene rings is 2. The van der Waals surface area contributed by atoms with E-state index in [2.05, 4.69) is 27.0 Å². The van der Waals surface area contributed by atoms with Crippen molar-refractivity contribution in [1.82, 2.24) is 9.88 Å². The Balaban J connectivity index is 1.73. The summed E-state index contributed by atoms with van der Waals surface area (Å²) in [6.45, 7) is 0.444. The summed E-state index contributed by atoms with van der Waals surface area (Å²) in [7, 11) is 0. The largest absolute Gasteiger partial charge is 0.394 e. The summed E-state index contributed by atoms with van der Waals surface area (Å²) in [5, 5.41) is 11.0. The highest BCUT2D eigenvalue weighted by atomic mass is 79.9. The molecule has 0 bridgehead atoms. The lowest BCUT2D eigenvalue weighted by molar-refractivity contribution is 0.0541. The third-order valence-electron chi connectivity index (χ3n) is 4.65. The average molecular weight is 385 g/mol. The van der Waals surface area contributed by atoms with Crippen molar-refractivity contribution in [1.29, 1.82) is 0 Å². The van der Waals surface area contributed by atoms with Gasteiger partial charge in [0.15, 0.2) is 0 Å². The lowest BCUT2D eigenvalue weighted by Crippen LogP contribution is -2.46. The number of aromatic nitrogens is 1. The van der Waals surface area contributed by atoms with Gasteiger partial charge in [-0.15, -0.1) is 0 Å². The Labute approximate surface area is 148 Å². The minimum absolute atomic E-state index is 0.0430. The minimum atomic E-state index is -0.205. The number of aromatic amines is 1. The van der Waals surface area contributed by atoms with E-state index >= 15 is 0 Å². The van der Waals surface area contributed by atoms with Crippen molar-refractivity contribution in [2.45, 2.75) is 19.0 Å². The second kappa shape index (κ2) is 6.07. The van der Waals surface area contributed by atoms with Gasteiger partial charge in [0.25, 0.3) is 5.91 Å². The number of nitrogens with zero attached hydrogens (tertiary/aromatic N) is 1. The zero-order valence-electron chi connectivity index (χ0n) is 13.0. The fraction of sp³-hybridized carbons (Fsp3) is 0.211. The molecule has 4 nitrogen and oxygen atoms in total. The summed E-state index contributed by atoms with van der Waals surface area (Å²) >= 11 is 3.41. The number of amides is 1. The molecule has 0 aliphatic carbocycles. The summed E-state index contributed by atoms with van der Waals surface area (Å²) < 4.78 is 0.872. The van der Waals surface area contributed by atoms with E-state index in [1.165, 1.54) is 10.9 Å². The van der Waals surface area contributed by atoms with Gasteiger partial charge in [0.05, 0.1) is 19.2 Å². The number of fused-ring (bicyclic) bond motifs is 3. The monoisotopic (exact) mass is 384 g/mol. The number of hydrogen-bond acceptors (Lipinski definition) is 2. The number of halogens is 1. The lowest BCUT2D eigenvalue weighted by Gasteiger charge is -2.34. The van der Waals surface area contributed by atoms with Crippen molar-refractivity contribution in [2.75, 3.05) is 6.61 Å². The first-order chi connectivity index (χ1) is 11.7. The van der Waals surface area contributed by atoms with Gasteiger partial charge < -0.3 is 15.0 Å². The van der Waals surface area contributed by atoms with E-state index in [1.54, 1.807) is 4.90 Å². The second-order valence-electron chi connectivity index (χ2n) is 6.11. The van der Waals surface area contributed by atoms with Crippen molar-refractivity contribution < 1.29 is 9.90 Å². The van der Waals surface area contributed by atoms with Crippen LogP contribution in [-0.2, 0) is 13.0 Å². The maximum atomic E-state index is 12.9. The van der Waals surface area contributed by atoms with Crippen LogP contribution in [0, 0.1) is 0 Å². The van der Waals surface area contributed by atoms with Gasteiger partial charge in [-0.3, -0.25) is 4.79 Å². The standard InChI is InChI=1S/C19H17BrN2O2/c20-13-5-3-4-12(8-13)19(24)22-10-18-16(9-14(22)11-23)15-6-1-2-7-17(15)21-18/h1-8,14,21,23H,9-11H2. The number of hydrogen-bond donors (Lipinski definition) is 2. The number of nitrogens with one attached hydrogen (secondary N) is 1. The Kier molecular flexibility index (Phi) is 3.90. The Bertz CT molecular complexity index is 919. The highest BCUT2D eigenvalue weighted by molar-refractivity contribution is 9.10. The van der Waals surface area contributed by atoms with Gasteiger partial charge in [-0.1, -0.05) is 40.2 Å². The molecule has 1 aliphatic heterocycles. The van der Waals surface area contributed by atoms with Crippen molar-refractivity contribution in [2.24, 2.45) is 0 Å². The fourth-order valence-electron chi connectivity index (χ4n) is 3.46. The number of carbonyl (C=O) groups is 1. The molecule has 122 valence electrons. The molecule has 1 amide bonds. The quantitative estimate of drug-likeness (QED) is 0.710. The number of rotatable bonds is 2. The zero-order valence-corrected chi connectivity index (χ0v) is 14.6. The smallest absolute Gasteiger partial charge is 0.254 e. The van der Waals surface area contributed by atoms with Crippen LogP contribution >= 0.6 is 15.9 Å². The maximum Gasteiger partial charge on any atom is 0.254 e. The first kappa shape index (κ1) is 15.4. The molecule has 0 spiro atoms. The molecule has 2 N–H and O–H groups in total. The van der Waals surface area contributed by atoms with E-state index in [4.69, 9.17) is 0 Å². The van der Waals surface area contributed by atoms with Crippen LogP contribution in [0.25, 0.3) is 10.9 Å². The molecule has 1 unspecified atom stereocenters. The van der Waals surface area contributed by atoms with Crippen LogP contribution in [-0.4, -0.2) is 33.5 Å². The Hall–Kier alpha value is -2.11. The van der Waals surface area contributed by atoms with Crippen molar-refractivity contribution in [3.05, 3.63) is 69.8 Å². The molecule has 1 aliphatic rings. The van der Waals surface area contributed by atoms with Crippen LogP contribution < -0.4 is 0 Å². The number of carbonyl (C=O) groups excluding carboxylic acids is 1. The topological polar surface area (TPSA) is 56.3 Å². The summed E-state index contributed by atoms with van der Waals surface area (Å²) in [5.41, 5.74) is 3.98. The summed E-state index contributed by atoms with van der Waals surface area (Å²) in [6.07, 6.45) is 0.662. The molecule has 0 saturated heterocycles. The lowest BCUT2D eigenvalue weighted by atomic mass is 9.96. The molecule has 1 aromatic heterocycles. The van der Waals surface area contributed by atoms with E-state index in [1.807, 2.05) is 42.5 Å². The van der Waals surface area contributed by atoms with Crippen molar-refractivity contribution >= 4 is 32.7 Å². The van der Waals surface area contributed by atoms with Gasteiger partial charge >= 0.3 is 0 Å². The van der Waals surface area contributed by atoms with E-state index in [-0.39, 0.29) is 18.6 Å². The summed E-state index contributed by atoms with van der Waals surface area (Å²) in [4.78, 5) is 18.1. The Morgan fingerprint density at radius 2 is 2.08 bits per heavy atom. The molecule has 1 atom stereocenters.